The van der Waals surface area contributed by atoms with Crippen LogP contribution in [0.25, 0.3) is 0 Å². The van der Waals surface area contributed by atoms with E-state index in [4.69, 9.17) is 0 Å². The summed E-state index contributed by atoms with van der Waals surface area (Å²) in [6, 6.07) is 0. The lowest BCUT2D eigenvalue weighted by Gasteiger charge is -2.24. The van der Waals surface area contributed by atoms with Crippen molar-refractivity contribution in [2.75, 3.05) is 0 Å². The molecule has 0 amide bonds. The van der Waals surface area contributed by atoms with Gasteiger partial charge in [0.25, 0.3) is 0 Å². The van der Waals surface area contributed by atoms with Gasteiger partial charge in [0.05, 0.1) is 0 Å². The summed E-state index contributed by atoms with van der Waals surface area (Å²) in [7, 11) is 0. The van der Waals surface area contributed by atoms with Crippen LogP contribution in [0.4, 0.5) is 0 Å². The highest BCUT2D eigenvalue weighted by Gasteiger charge is 2.52. The van der Waals surface area contributed by atoms with Gasteiger partial charge in [-0.15, -0.1) is 0 Å². The Balaban J connectivity index is 1.97. The summed E-state index contributed by atoms with van der Waals surface area (Å²) in [6.07, 6.45) is 2.92. The molecular formula is C12H18. The second-order valence-electron chi connectivity index (χ2n) is 5.25. The summed E-state index contributed by atoms with van der Waals surface area (Å²) in [5, 5.41) is 0. The third-order valence-corrected chi connectivity index (χ3v) is 4.80. The van der Waals surface area contributed by atoms with Crippen molar-refractivity contribution in [3.8, 4) is 0 Å². The Kier molecular flexibility index (Phi) is 1.18. The zero-order valence-corrected chi connectivity index (χ0v) is 8.30. The van der Waals surface area contributed by atoms with E-state index in [1.165, 1.54) is 12.8 Å². The third-order valence-electron chi connectivity index (χ3n) is 4.80. The highest BCUT2D eigenvalue weighted by Crippen LogP contribution is 2.63. The molecule has 0 aromatic rings. The molecule has 2 fully saturated rings. The third kappa shape index (κ3) is 0.739. The SMILES string of the molecule is CC1C2CC2=C2CC2C(C)C1C. The second kappa shape index (κ2) is 1.97. The zero-order chi connectivity index (χ0) is 8.46. The van der Waals surface area contributed by atoms with E-state index >= 15 is 0 Å². The summed E-state index contributed by atoms with van der Waals surface area (Å²) in [6.45, 7) is 7.39. The van der Waals surface area contributed by atoms with Crippen LogP contribution in [0.15, 0.2) is 11.1 Å². The topological polar surface area (TPSA) is 0 Å². The zero-order valence-electron chi connectivity index (χ0n) is 8.30. The van der Waals surface area contributed by atoms with Gasteiger partial charge in [0.15, 0.2) is 0 Å². The molecule has 3 rings (SSSR count). The van der Waals surface area contributed by atoms with Crippen LogP contribution in [-0.4, -0.2) is 0 Å². The molecule has 0 nitrogen and oxygen atoms in total. The van der Waals surface area contributed by atoms with Crippen molar-refractivity contribution in [1.82, 2.24) is 0 Å². The highest BCUT2D eigenvalue weighted by atomic mass is 14.6. The Morgan fingerprint density at radius 1 is 0.750 bits per heavy atom. The van der Waals surface area contributed by atoms with Crippen LogP contribution in [0.3, 0.4) is 0 Å². The Morgan fingerprint density at radius 2 is 1.17 bits per heavy atom. The van der Waals surface area contributed by atoms with Crippen LogP contribution >= 0.6 is 0 Å². The van der Waals surface area contributed by atoms with Crippen molar-refractivity contribution < 1.29 is 0 Å². The van der Waals surface area contributed by atoms with Crippen molar-refractivity contribution in [2.24, 2.45) is 29.6 Å². The standard InChI is InChI=1S/C12H18/c1-6-7(2)9-4-11(9)12-5-10(12)8(6)3/h6-10H,4-5H2,1-3H3. The molecule has 0 saturated heterocycles. The highest BCUT2D eigenvalue weighted by molar-refractivity contribution is 5.42. The molecule has 0 N–H and O–H groups in total. The molecule has 0 aromatic heterocycles. The minimum absolute atomic E-state index is 0.956. The fourth-order valence-corrected chi connectivity index (χ4v) is 3.31. The van der Waals surface area contributed by atoms with E-state index in [0.717, 1.165) is 29.6 Å². The van der Waals surface area contributed by atoms with Crippen LogP contribution in [-0.2, 0) is 0 Å². The quantitative estimate of drug-likeness (QED) is 0.480. The summed E-state index contributed by atoms with van der Waals surface area (Å²) < 4.78 is 0. The molecule has 0 heteroatoms. The van der Waals surface area contributed by atoms with Crippen molar-refractivity contribution >= 4 is 0 Å². The first-order valence-electron chi connectivity index (χ1n) is 5.42. The predicted molar refractivity (Wildman–Crippen MR) is 50.7 cm³/mol. The average molecular weight is 162 g/mol. The maximum atomic E-state index is 2.46. The number of rotatable bonds is 0. The number of fused-ring (bicyclic) bond motifs is 2. The van der Waals surface area contributed by atoms with Gasteiger partial charge in [-0.3, -0.25) is 0 Å². The van der Waals surface area contributed by atoms with Gasteiger partial charge in [0, 0.05) is 0 Å². The number of allylic oxidation sites excluding steroid dienone is 2. The molecule has 0 spiro atoms. The van der Waals surface area contributed by atoms with Gasteiger partial charge in [-0.2, -0.15) is 0 Å². The van der Waals surface area contributed by atoms with Crippen molar-refractivity contribution in [1.29, 1.82) is 0 Å². The Bertz CT molecular complexity index is 235. The van der Waals surface area contributed by atoms with E-state index in [0.29, 0.717) is 0 Å². The van der Waals surface area contributed by atoms with E-state index in [9.17, 15) is 0 Å². The van der Waals surface area contributed by atoms with Gasteiger partial charge in [0.2, 0.25) is 0 Å². The van der Waals surface area contributed by atoms with Crippen LogP contribution in [0.5, 0.6) is 0 Å². The maximum Gasteiger partial charge on any atom is -0.0134 e. The first kappa shape index (κ1) is 7.17. The summed E-state index contributed by atoms with van der Waals surface area (Å²) in [4.78, 5) is 0. The molecule has 0 radical (unpaired) electrons. The van der Waals surface area contributed by atoms with Gasteiger partial charge < -0.3 is 0 Å². The summed E-state index contributed by atoms with van der Waals surface area (Å²) in [5.41, 5.74) is 3.76. The Morgan fingerprint density at radius 3 is 1.58 bits per heavy atom. The molecular weight excluding hydrogens is 144 g/mol. The van der Waals surface area contributed by atoms with E-state index < -0.39 is 0 Å². The van der Waals surface area contributed by atoms with Crippen molar-refractivity contribution in [3.05, 3.63) is 11.1 Å². The van der Waals surface area contributed by atoms with Crippen LogP contribution < -0.4 is 0 Å². The molecule has 3 aliphatic carbocycles. The molecule has 4 atom stereocenters. The summed E-state index contributed by atoms with van der Waals surface area (Å²) >= 11 is 0. The van der Waals surface area contributed by atoms with Crippen LogP contribution in [0.2, 0.25) is 0 Å². The molecule has 2 saturated carbocycles. The van der Waals surface area contributed by atoms with Crippen LogP contribution in [0.1, 0.15) is 33.6 Å². The summed E-state index contributed by atoms with van der Waals surface area (Å²) in [5.74, 6) is 4.93. The maximum absolute atomic E-state index is 2.46. The monoisotopic (exact) mass is 162 g/mol. The number of hydrogen-bond acceptors (Lipinski definition) is 0. The van der Waals surface area contributed by atoms with Crippen LogP contribution in [0, 0.1) is 29.6 Å². The molecule has 4 unspecified atom stereocenters. The molecule has 0 aliphatic heterocycles. The lowest BCUT2D eigenvalue weighted by atomic mass is 9.81. The molecule has 12 heavy (non-hydrogen) atoms. The first-order valence-corrected chi connectivity index (χ1v) is 5.42. The van der Waals surface area contributed by atoms with Gasteiger partial charge in [-0.05, 0) is 42.4 Å². The average Bonchev–Trinajstić information content (AvgIpc) is 2.87. The van der Waals surface area contributed by atoms with Gasteiger partial charge in [-0.1, -0.05) is 31.9 Å². The first-order chi connectivity index (χ1) is 5.70. The molecule has 3 aliphatic rings. The van der Waals surface area contributed by atoms with Crippen molar-refractivity contribution in [2.45, 2.75) is 33.6 Å². The predicted octanol–water partition coefficient (Wildman–Crippen LogP) is 3.24. The van der Waals surface area contributed by atoms with Crippen molar-refractivity contribution in [3.63, 3.8) is 0 Å². The molecule has 0 bridgehead atoms. The fraction of sp³-hybridized carbons (Fsp3) is 0.833. The van der Waals surface area contributed by atoms with Gasteiger partial charge >= 0.3 is 0 Å². The minimum atomic E-state index is 0.956. The van der Waals surface area contributed by atoms with Gasteiger partial charge in [0.1, 0.15) is 0 Å². The Labute approximate surface area is 75.0 Å². The molecule has 0 heterocycles. The minimum Gasteiger partial charge on any atom is -0.0664 e. The van der Waals surface area contributed by atoms with E-state index in [1.807, 2.05) is 11.1 Å². The number of hydrogen-bond donors (Lipinski definition) is 0. The molecule has 66 valence electrons. The lowest BCUT2D eigenvalue weighted by Crippen LogP contribution is -2.18. The second-order valence-corrected chi connectivity index (χ2v) is 5.25. The van der Waals surface area contributed by atoms with E-state index in [2.05, 4.69) is 20.8 Å². The largest absolute Gasteiger partial charge is 0.0664 e. The Hall–Kier alpha value is -0.260. The van der Waals surface area contributed by atoms with E-state index in [1.54, 1.807) is 0 Å². The fourth-order valence-electron chi connectivity index (χ4n) is 3.31. The normalized spacial score (nSPS) is 55.8. The smallest absolute Gasteiger partial charge is 0.0134 e. The molecule has 0 aromatic carbocycles. The lowest BCUT2D eigenvalue weighted by molar-refractivity contribution is 0.244. The van der Waals surface area contributed by atoms with Gasteiger partial charge in [-0.25, -0.2) is 0 Å². The van der Waals surface area contributed by atoms with E-state index in [-0.39, 0.29) is 0 Å².